The molecule has 0 aromatic heterocycles. The Morgan fingerprint density at radius 2 is 1.76 bits per heavy atom. The Bertz CT molecular complexity index is 730. The van der Waals surface area contributed by atoms with E-state index in [9.17, 15) is 4.79 Å². The first kappa shape index (κ1) is 17.4. The lowest BCUT2D eigenvalue weighted by molar-refractivity contribution is 0.208. The number of rotatable bonds is 4. The van der Waals surface area contributed by atoms with Crippen molar-refractivity contribution < 1.29 is 9.53 Å². The molecule has 1 saturated heterocycles. The molecule has 0 unspecified atom stereocenters. The highest BCUT2D eigenvalue weighted by Gasteiger charge is 2.22. The van der Waals surface area contributed by atoms with Crippen LogP contribution in [0.3, 0.4) is 0 Å². The van der Waals surface area contributed by atoms with Crippen LogP contribution in [0.1, 0.15) is 6.92 Å². The molecule has 1 aliphatic heterocycles. The highest BCUT2D eigenvalue weighted by Crippen LogP contribution is 2.27. The van der Waals surface area contributed by atoms with Crippen LogP contribution in [0.2, 0.25) is 5.02 Å². The number of hydrogen-bond acceptors (Lipinski definition) is 3. The number of urea groups is 1. The van der Waals surface area contributed by atoms with Crippen LogP contribution in [0.4, 0.5) is 16.2 Å². The summed E-state index contributed by atoms with van der Waals surface area (Å²) in [5.74, 6) is 0.688. The molecule has 5 nitrogen and oxygen atoms in total. The first-order valence-electron chi connectivity index (χ1n) is 8.46. The first-order chi connectivity index (χ1) is 12.2. The monoisotopic (exact) mass is 359 g/mol. The third kappa shape index (κ3) is 4.17. The first-order valence-corrected chi connectivity index (χ1v) is 8.84. The van der Waals surface area contributed by atoms with Crippen LogP contribution in [0.15, 0.2) is 48.5 Å². The standard InChI is InChI=1S/C19H22ClN3O2/c1-2-25-18-10-6-4-8-16(18)21-19(24)23-13-11-22(12-14-23)17-9-5-3-7-15(17)20/h3-10H,2,11-14H2,1H3,(H,21,24). The molecule has 1 heterocycles. The molecule has 1 N–H and O–H groups in total. The number of nitrogens with zero attached hydrogens (tertiary/aromatic N) is 2. The molecule has 2 aromatic carbocycles. The van der Waals surface area contributed by atoms with E-state index in [1.807, 2.05) is 60.4 Å². The van der Waals surface area contributed by atoms with Crippen LogP contribution in [-0.4, -0.2) is 43.7 Å². The number of carbonyl (C=O) groups is 1. The van der Waals surface area contributed by atoms with Crippen molar-refractivity contribution in [2.24, 2.45) is 0 Å². The van der Waals surface area contributed by atoms with E-state index >= 15 is 0 Å². The Labute approximate surface area is 153 Å². The molecule has 3 rings (SSSR count). The fourth-order valence-corrected chi connectivity index (χ4v) is 3.16. The molecule has 0 atom stereocenters. The maximum atomic E-state index is 12.5. The van der Waals surface area contributed by atoms with Gasteiger partial charge in [-0.25, -0.2) is 4.79 Å². The second-order valence-corrected chi connectivity index (χ2v) is 6.19. The molecule has 0 bridgehead atoms. The SMILES string of the molecule is CCOc1ccccc1NC(=O)N1CCN(c2ccccc2Cl)CC1. The third-order valence-electron chi connectivity index (χ3n) is 4.19. The highest BCUT2D eigenvalue weighted by molar-refractivity contribution is 6.33. The number of piperazine rings is 1. The predicted octanol–water partition coefficient (Wildman–Crippen LogP) is 4.09. The van der Waals surface area contributed by atoms with Crippen molar-refractivity contribution in [3.05, 3.63) is 53.6 Å². The molecule has 0 spiro atoms. The van der Waals surface area contributed by atoms with Crippen LogP contribution >= 0.6 is 11.6 Å². The topological polar surface area (TPSA) is 44.8 Å². The van der Waals surface area contributed by atoms with E-state index in [1.165, 1.54) is 0 Å². The van der Waals surface area contributed by atoms with Crippen molar-refractivity contribution in [3.63, 3.8) is 0 Å². The van der Waals surface area contributed by atoms with E-state index < -0.39 is 0 Å². The molecule has 2 amide bonds. The molecule has 132 valence electrons. The molecule has 1 fully saturated rings. The summed E-state index contributed by atoms with van der Waals surface area (Å²) in [7, 11) is 0. The summed E-state index contributed by atoms with van der Waals surface area (Å²) < 4.78 is 5.56. The van der Waals surface area contributed by atoms with E-state index in [4.69, 9.17) is 16.3 Å². The maximum absolute atomic E-state index is 12.5. The third-order valence-corrected chi connectivity index (χ3v) is 4.51. The zero-order valence-corrected chi connectivity index (χ0v) is 15.0. The van der Waals surface area contributed by atoms with Crippen LogP contribution in [0, 0.1) is 0 Å². The number of hydrogen-bond donors (Lipinski definition) is 1. The molecular weight excluding hydrogens is 338 g/mol. The van der Waals surface area contributed by atoms with Crippen LogP contribution < -0.4 is 15.0 Å². The molecule has 1 aliphatic rings. The van der Waals surface area contributed by atoms with Gasteiger partial charge in [-0.05, 0) is 31.2 Å². The second-order valence-electron chi connectivity index (χ2n) is 5.78. The molecule has 25 heavy (non-hydrogen) atoms. The summed E-state index contributed by atoms with van der Waals surface area (Å²) >= 11 is 6.26. The second kappa shape index (κ2) is 8.12. The van der Waals surface area contributed by atoms with E-state index in [2.05, 4.69) is 10.2 Å². The summed E-state index contributed by atoms with van der Waals surface area (Å²) in [5, 5.41) is 3.69. The number of benzene rings is 2. The molecule has 0 radical (unpaired) electrons. The average molecular weight is 360 g/mol. The van der Waals surface area contributed by atoms with Crippen LogP contribution in [0.25, 0.3) is 0 Å². The molecule has 0 saturated carbocycles. The minimum Gasteiger partial charge on any atom is -0.492 e. The minimum absolute atomic E-state index is 0.106. The Morgan fingerprint density at radius 3 is 2.48 bits per heavy atom. The Hall–Kier alpha value is -2.40. The number of amides is 2. The van der Waals surface area contributed by atoms with Crippen LogP contribution in [0.5, 0.6) is 5.75 Å². The fraction of sp³-hybridized carbons (Fsp3) is 0.316. The van der Waals surface area contributed by atoms with E-state index in [0.29, 0.717) is 31.1 Å². The van der Waals surface area contributed by atoms with Crippen LogP contribution in [-0.2, 0) is 0 Å². The van der Waals surface area contributed by atoms with Gasteiger partial charge in [0.2, 0.25) is 0 Å². The molecule has 0 aliphatic carbocycles. The quantitative estimate of drug-likeness (QED) is 0.894. The fourth-order valence-electron chi connectivity index (χ4n) is 2.90. The Morgan fingerprint density at radius 1 is 1.08 bits per heavy atom. The van der Waals surface area contributed by atoms with Gasteiger partial charge in [0, 0.05) is 26.2 Å². The summed E-state index contributed by atoms with van der Waals surface area (Å²) in [6, 6.07) is 15.2. The van der Waals surface area contributed by atoms with Gasteiger partial charge in [-0.1, -0.05) is 35.9 Å². The molecule has 2 aromatic rings. The predicted molar refractivity (Wildman–Crippen MR) is 102 cm³/mol. The maximum Gasteiger partial charge on any atom is 0.322 e. The largest absolute Gasteiger partial charge is 0.492 e. The van der Waals surface area contributed by atoms with Crippen molar-refractivity contribution >= 4 is 29.0 Å². The zero-order valence-electron chi connectivity index (χ0n) is 14.2. The lowest BCUT2D eigenvalue weighted by atomic mass is 10.2. The van der Waals surface area contributed by atoms with E-state index in [-0.39, 0.29) is 6.03 Å². The van der Waals surface area contributed by atoms with Gasteiger partial charge in [0.1, 0.15) is 5.75 Å². The molecule has 6 heteroatoms. The van der Waals surface area contributed by atoms with Gasteiger partial charge in [-0.15, -0.1) is 0 Å². The highest BCUT2D eigenvalue weighted by atomic mass is 35.5. The van der Waals surface area contributed by atoms with Gasteiger partial charge in [0.15, 0.2) is 0 Å². The smallest absolute Gasteiger partial charge is 0.322 e. The van der Waals surface area contributed by atoms with Crippen molar-refractivity contribution in [2.75, 3.05) is 43.0 Å². The van der Waals surface area contributed by atoms with Crippen molar-refractivity contribution in [1.29, 1.82) is 0 Å². The Kier molecular flexibility index (Phi) is 5.66. The van der Waals surface area contributed by atoms with Crippen molar-refractivity contribution in [2.45, 2.75) is 6.92 Å². The van der Waals surface area contributed by atoms with Crippen molar-refractivity contribution in [1.82, 2.24) is 4.90 Å². The zero-order chi connectivity index (χ0) is 17.6. The minimum atomic E-state index is -0.106. The summed E-state index contributed by atoms with van der Waals surface area (Å²) in [6.07, 6.45) is 0. The number of halogens is 1. The number of ether oxygens (including phenoxy) is 1. The van der Waals surface area contributed by atoms with Gasteiger partial charge in [0.25, 0.3) is 0 Å². The number of anilines is 2. The molecular formula is C19H22ClN3O2. The number of carbonyl (C=O) groups excluding carboxylic acids is 1. The normalized spacial score (nSPS) is 14.3. The number of para-hydroxylation sites is 3. The van der Waals surface area contributed by atoms with Gasteiger partial charge in [0.05, 0.1) is 23.0 Å². The Balaban J connectivity index is 1.60. The van der Waals surface area contributed by atoms with Crippen molar-refractivity contribution in [3.8, 4) is 5.75 Å². The lowest BCUT2D eigenvalue weighted by Gasteiger charge is -2.36. The van der Waals surface area contributed by atoms with E-state index in [1.54, 1.807) is 0 Å². The summed E-state index contributed by atoms with van der Waals surface area (Å²) in [4.78, 5) is 16.6. The van der Waals surface area contributed by atoms with Gasteiger partial charge in [-0.3, -0.25) is 0 Å². The average Bonchev–Trinajstić information content (AvgIpc) is 2.64. The summed E-state index contributed by atoms with van der Waals surface area (Å²) in [6.45, 7) is 5.28. The number of nitrogens with one attached hydrogen (secondary N) is 1. The summed E-state index contributed by atoms with van der Waals surface area (Å²) in [5.41, 5.74) is 1.72. The van der Waals surface area contributed by atoms with Gasteiger partial charge < -0.3 is 19.9 Å². The van der Waals surface area contributed by atoms with Gasteiger partial charge >= 0.3 is 6.03 Å². The van der Waals surface area contributed by atoms with E-state index in [0.717, 1.165) is 23.8 Å². The lowest BCUT2D eigenvalue weighted by Crippen LogP contribution is -2.50. The van der Waals surface area contributed by atoms with Gasteiger partial charge in [-0.2, -0.15) is 0 Å².